The Bertz CT molecular complexity index is 962. The molecule has 0 aliphatic carbocycles. The zero-order chi connectivity index (χ0) is 20.3. The van der Waals surface area contributed by atoms with Gasteiger partial charge in [-0.05, 0) is 45.0 Å². The summed E-state index contributed by atoms with van der Waals surface area (Å²) in [5, 5.41) is 8.23. The van der Waals surface area contributed by atoms with Crippen LogP contribution in [0.5, 0.6) is 5.75 Å². The number of hydrogen-bond acceptors (Lipinski definition) is 5. The van der Waals surface area contributed by atoms with Gasteiger partial charge in [-0.15, -0.1) is 0 Å². The normalized spacial score (nSPS) is 10.9. The van der Waals surface area contributed by atoms with Gasteiger partial charge in [-0.25, -0.2) is 4.39 Å². The van der Waals surface area contributed by atoms with Crippen molar-refractivity contribution in [2.45, 2.75) is 40.5 Å². The zero-order valence-corrected chi connectivity index (χ0v) is 16.4. The summed E-state index contributed by atoms with van der Waals surface area (Å²) >= 11 is 0. The minimum atomic E-state index is -0.340. The van der Waals surface area contributed by atoms with Gasteiger partial charge in [0, 0.05) is 31.4 Å². The first-order valence-corrected chi connectivity index (χ1v) is 9.01. The second-order valence-corrected chi connectivity index (χ2v) is 6.54. The Morgan fingerprint density at radius 2 is 2.00 bits per heavy atom. The number of carbonyl (C=O) groups excluding carboxylic acids is 1. The van der Waals surface area contributed by atoms with Crippen LogP contribution in [0.3, 0.4) is 0 Å². The van der Waals surface area contributed by atoms with E-state index in [0.29, 0.717) is 23.6 Å². The summed E-state index contributed by atoms with van der Waals surface area (Å²) in [6.45, 7) is 7.01. The average molecular weight is 386 g/mol. The number of halogens is 1. The van der Waals surface area contributed by atoms with Crippen molar-refractivity contribution >= 4 is 5.91 Å². The summed E-state index contributed by atoms with van der Waals surface area (Å²) in [4.78, 5) is 14.5. The van der Waals surface area contributed by atoms with Crippen molar-refractivity contribution in [2.24, 2.45) is 0 Å². The maximum atomic E-state index is 13.0. The number of hydrogen-bond donors (Lipinski definition) is 0. The number of amides is 1. The molecular weight excluding hydrogens is 363 g/mol. The van der Waals surface area contributed by atoms with Gasteiger partial charge in [-0.1, -0.05) is 5.16 Å². The number of aryl methyl sites for hydroxylation is 2. The molecule has 0 unspecified atom stereocenters. The van der Waals surface area contributed by atoms with E-state index < -0.39 is 0 Å². The second kappa shape index (κ2) is 8.24. The first-order chi connectivity index (χ1) is 13.4. The van der Waals surface area contributed by atoms with Crippen molar-refractivity contribution in [1.82, 2.24) is 19.8 Å². The van der Waals surface area contributed by atoms with Gasteiger partial charge in [0.05, 0.1) is 11.8 Å². The molecule has 0 N–H and O–H groups in total. The van der Waals surface area contributed by atoms with Crippen LogP contribution < -0.4 is 4.74 Å². The molecule has 3 aromatic rings. The number of carbonyl (C=O) groups is 1. The Labute approximate surface area is 162 Å². The summed E-state index contributed by atoms with van der Waals surface area (Å²) < 4.78 is 25.8. The fourth-order valence-electron chi connectivity index (χ4n) is 2.88. The number of rotatable bonds is 7. The lowest BCUT2D eigenvalue weighted by Crippen LogP contribution is -2.27. The molecule has 0 spiro atoms. The topological polar surface area (TPSA) is 73.4 Å². The summed E-state index contributed by atoms with van der Waals surface area (Å²) in [7, 11) is 1.71. The highest BCUT2D eigenvalue weighted by atomic mass is 19.1. The van der Waals surface area contributed by atoms with Crippen LogP contribution in [0.1, 0.15) is 40.0 Å². The van der Waals surface area contributed by atoms with Gasteiger partial charge in [0.1, 0.15) is 23.9 Å². The van der Waals surface area contributed by atoms with Crippen LogP contribution in [0, 0.1) is 19.7 Å². The Morgan fingerprint density at radius 1 is 1.29 bits per heavy atom. The monoisotopic (exact) mass is 386 g/mol. The average Bonchev–Trinajstić information content (AvgIpc) is 3.23. The molecule has 8 heteroatoms. The lowest BCUT2D eigenvalue weighted by atomic mass is 10.1. The van der Waals surface area contributed by atoms with E-state index in [9.17, 15) is 9.18 Å². The standard InChI is InChI=1S/C20H23FN4O3/c1-5-25-13(2)15(10-22-25)11-24(4)20(26)19-18(14(3)28-23-19)12-27-17-8-6-16(21)7-9-17/h6-10H,5,11-12H2,1-4H3. The molecule has 7 nitrogen and oxygen atoms in total. The molecule has 28 heavy (non-hydrogen) atoms. The molecule has 2 heterocycles. The smallest absolute Gasteiger partial charge is 0.276 e. The highest BCUT2D eigenvalue weighted by Crippen LogP contribution is 2.20. The number of benzene rings is 1. The van der Waals surface area contributed by atoms with E-state index in [1.165, 1.54) is 24.3 Å². The van der Waals surface area contributed by atoms with Gasteiger partial charge in [-0.3, -0.25) is 9.48 Å². The predicted octanol–water partition coefficient (Wildman–Crippen LogP) is 3.50. The quantitative estimate of drug-likeness (QED) is 0.621. The number of nitrogens with zero attached hydrogens (tertiary/aromatic N) is 4. The van der Waals surface area contributed by atoms with Crippen LogP contribution >= 0.6 is 0 Å². The summed E-state index contributed by atoms with van der Waals surface area (Å²) in [5.74, 6) is 0.399. The van der Waals surface area contributed by atoms with Gasteiger partial charge in [0.15, 0.2) is 5.69 Å². The Kier molecular flexibility index (Phi) is 5.77. The number of ether oxygens (including phenoxy) is 1. The highest BCUT2D eigenvalue weighted by molar-refractivity contribution is 5.93. The Hall–Kier alpha value is -3.16. The van der Waals surface area contributed by atoms with Gasteiger partial charge in [0.25, 0.3) is 5.91 Å². The van der Waals surface area contributed by atoms with Crippen LogP contribution in [0.4, 0.5) is 4.39 Å². The largest absolute Gasteiger partial charge is 0.489 e. The molecule has 0 fully saturated rings. The van der Waals surface area contributed by atoms with Gasteiger partial charge < -0.3 is 14.2 Å². The lowest BCUT2D eigenvalue weighted by Gasteiger charge is -2.16. The van der Waals surface area contributed by atoms with E-state index in [1.54, 1.807) is 25.1 Å². The first kappa shape index (κ1) is 19.6. The third kappa shape index (κ3) is 4.05. The van der Waals surface area contributed by atoms with Crippen molar-refractivity contribution in [3.8, 4) is 5.75 Å². The zero-order valence-electron chi connectivity index (χ0n) is 16.4. The third-order valence-corrected chi connectivity index (χ3v) is 4.64. The van der Waals surface area contributed by atoms with Crippen molar-refractivity contribution in [1.29, 1.82) is 0 Å². The van der Waals surface area contributed by atoms with Crippen LogP contribution in [0.15, 0.2) is 35.0 Å². The molecule has 0 aliphatic heterocycles. The van der Waals surface area contributed by atoms with Crippen LogP contribution in [-0.2, 0) is 19.7 Å². The molecule has 0 bridgehead atoms. The SMILES string of the molecule is CCn1ncc(CN(C)C(=O)c2noc(C)c2COc2ccc(F)cc2)c1C. The minimum Gasteiger partial charge on any atom is -0.489 e. The summed E-state index contributed by atoms with van der Waals surface area (Å²) in [5.41, 5.74) is 2.78. The Balaban J connectivity index is 1.72. The van der Waals surface area contributed by atoms with E-state index in [0.717, 1.165) is 17.8 Å². The Morgan fingerprint density at radius 3 is 2.64 bits per heavy atom. The fourth-order valence-corrected chi connectivity index (χ4v) is 2.88. The van der Waals surface area contributed by atoms with E-state index in [2.05, 4.69) is 10.3 Å². The maximum absolute atomic E-state index is 13.0. The van der Waals surface area contributed by atoms with E-state index in [4.69, 9.17) is 9.26 Å². The molecule has 0 radical (unpaired) electrons. The van der Waals surface area contributed by atoms with Crippen LogP contribution in [0.25, 0.3) is 0 Å². The molecule has 1 aromatic carbocycles. The second-order valence-electron chi connectivity index (χ2n) is 6.54. The van der Waals surface area contributed by atoms with E-state index in [-0.39, 0.29) is 24.0 Å². The van der Waals surface area contributed by atoms with Gasteiger partial charge >= 0.3 is 0 Å². The van der Waals surface area contributed by atoms with Crippen LogP contribution in [-0.4, -0.2) is 32.8 Å². The van der Waals surface area contributed by atoms with Crippen molar-refractivity contribution in [3.05, 3.63) is 64.6 Å². The number of aromatic nitrogens is 3. The molecule has 3 rings (SSSR count). The molecule has 1 amide bonds. The summed E-state index contributed by atoms with van der Waals surface area (Å²) in [6.07, 6.45) is 1.77. The molecule has 0 atom stereocenters. The molecular formula is C20H23FN4O3. The molecule has 0 saturated heterocycles. The predicted molar refractivity (Wildman–Crippen MR) is 100 cm³/mol. The molecule has 0 aliphatic rings. The van der Waals surface area contributed by atoms with Gasteiger partial charge in [0.2, 0.25) is 0 Å². The highest BCUT2D eigenvalue weighted by Gasteiger charge is 2.24. The van der Waals surface area contributed by atoms with Crippen molar-refractivity contribution in [3.63, 3.8) is 0 Å². The maximum Gasteiger partial charge on any atom is 0.276 e. The van der Waals surface area contributed by atoms with Crippen molar-refractivity contribution < 1.29 is 18.4 Å². The van der Waals surface area contributed by atoms with Crippen molar-refractivity contribution in [2.75, 3.05) is 7.05 Å². The lowest BCUT2D eigenvalue weighted by molar-refractivity contribution is 0.0772. The fraction of sp³-hybridized carbons (Fsp3) is 0.350. The third-order valence-electron chi connectivity index (χ3n) is 4.64. The van der Waals surface area contributed by atoms with Crippen LogP contribution in [0.2, 0.25) is 0 Å². The molecule has 0 saturated carbocycles. The first-order valence-electron chi connectivity index (χ1n) is 9.01. The van der Waals surface area contributed by atoms with E-state index in [1.807, 2.05) is 18.5 Å². The molecule has 148 valence electrons. The summed E-state index contributed by atoms with van der Waals surface area (Å²) in [6, 6.07) is 5.68. The molecule has 2 aromatic heterocycles. The van der Waals surface area contributed by atoms with Gasteiger partial charge in [-0.2, -0.15) is 5.10 Å². The van der Waals surface area contributed by atoms with E-state index >= 15 is 0 Å². The minimum absolute atomic E-state index is 0.0999.